The van der Waals surface area contributed by atoms with Crippen LogP contribution in [0.15, 0.2) is 23.1 Å². The van der Waals surface area contributed by atoms with Crippen LogP contribution in [0.4, 0.5) is 0 Å². The lowest BCUT2D eigenvalue weighted by atomic mass is 10.3. The van der Waals surface area contributed by atoms with Gasteiger partial charge in [0.1, 0.15) is 13.2 Å². The fraction of sp³-hybridized carbons (Fsp3) is 0.533. The Kier molecular flexibility index (Phi) is 4.71. The van der Waals surface area contributed by atoms with Crippen molar-refractivity contribution in [1.29, 1.82) is 5.26 Å². The van der Waals surface area contributed by atoms with E-state index < -0.39 is 10.0 Å². The van der Waals surface area contributed by atoms with Crippen molar-refractivity contribution in [1.82, 2.24) is 9.21 Å². The molecule has 0 bridgehead atoms. The minimum absolute atomic E-state index is 0.229. The molecular formula is C15H19N3O4S. The molecule has 124 valence electrons. The first-order chi connectivity index (χ1) is 11.1. The summed E-state index contributed by atoms with van der Waals surface area (Å²) in [6.07, 6.45) is 0.467. The molecular weight excluding hydrogens is 318 g/mol. The molecule has 0 aliphatic carbocycles. The zero-order valence-corrected chi connectivity index (χ0v) is 13.6. The maximum absolute atomic E-state index is 12.8. The Bertz CT molecular complexity index is 706. The zero-order chi connectivity index (χ0) is 16.3. The van der Waals surface area contributed by atoms with Crippen LogP contribution in [0.5, 0.6) is 11.5 Å². The lowest BCUT2D eigenvalue weighted by Gasteiger charge is -2.33. The zero-order valence-electron chi connectivity index (χ0n) is 12.8. The number of nitrogens with zero attached hydrogens (tertiary/aromatic N) is 3. The molecule has 7 nitrogen and oxygen atoms in total. The summed E-state index contributed by atoms with van der Waals surface area (Å²) >= 11 is 0. The van der Waals surface area contributed by atoms with Crippen molar-refractivity contribution < 1.29 is 17.9 Å². The van der Waals surface area contributed by atoms with Gasteiger partial charge in [-0.3, -0.25) is 4.90 Å². The second-order valence-corrected chi connectivity index (χ2v) is 7.40. The molecule has 23 heavy (non-hydrogen) atoms. The van der Waals surface area contributed by atoms with Gasteiger partial charge in [-0.2, -0.15) is 9.57 Å². The highest BCUT2D eigenvalue weighted by atomic mass is 32.2. The summed E-state index contributed by atoms with van der Waals surface area (Å²) in [4.78, 5) is 2.34. The second kappa shape index (κ2) is 6.74. The average Bonchev–Trinajstić information content (AvgIpc) is 2.60. The molecule has 1 aromatic carbocycles. The fourth-order valence-electron chi connectivity index (χ4n) is 2.73. The predicted octanol–water partition coefficient (Wildman–Crippen LogP) is 0.678. The van der Waals surface area contributed by atoms with Gasteiger partial charge in [0.2, 0.25) is 10.0 Å². The molecule has 1 fully saturated rings. The van der Waals surface area contributed by atoms with Gasteiger partial charge in [0.25, 0.3) is 0 Å². The van der Waals surface area contributed by atoms with Gasteiger partial charge in [-0.25, -0.2) is 8.42 Å². The lowest BCUT2D eigenvalue weighted by molar-refractivity contribution is 0.171. The number of ether oxygens (including phenoxy) is 2. The van der Waals surface area contributed by atoms with Gasteiger partial charge in [-0.05, 0) is 12.1 Å². The van der Waals surface area contributed by atoms with Crippen molar-refractivity contribution in [3.63, 3.8) is 0 Å². The predicted molar refractivity (Wildman–Crippen MR) is 82.9 cm³/mol. The van der Waals surface area contributed by atoms with Crippen LogP contribution < -0.4 is 9.47 Å². The third kappa shape index (κ3) is 3.42. The number of hydrogen-bond acceptors (Lipinski definition) is 6. The first kappa shape index (κ1) is 16.1. The summed E-state index contributed by atoms with van der Waals surface area (Å²) in [5.41, 5.74) is 0. The summed E-state index contributed by atoms with van der Waals surface area (Å²) < 4.78 is 37.9. The quantitative estimate of drug-likeness (QED) is 0.803. The molecule has 0 radical (unpaired) electrons. The Morgan fingerprint density at radius 2 is 1.78 bits per heavy atom. The number of benzene rings is 1. The van der Waals surface area contributed by atoms with Crippen molar-refractivity contribution >= 4 is 10.0 Å². The van der Waals surface area contributed by atoms with Crippen LogP contribution in [0.1, 0.15) is 6.42 Å². The van der Waals surface area contributed by atoms with Gasteiger partial charge in [-0.1, -0.05) is 0 Å². The Morgan fingerprint density at radius 3 is 2.48 bits per heavy atom. The van der Waals surface area contributed by atoms with Gasteiger partial charge in [0.05, 0.1) is 11.0 Å². The van der Waals surface area contributed by atoms with Crippen molar-refractivity contribution in [2.24, 2.45) is 0 Å². The van der Waals surface area contributed by atoms with Crippen LogP contribution in [0.25, 0.3) is 0 Å². The minimum atomic E-state index is -3.53. The van der Waals surface area contributed by atoms with Gasteiger partial charge < -0.3 is 9.47 Å². The van der Waals surface area contributed by atoms with E-state index in [9.17, 15) is 8.42 Å². The monoisotopic (exact) mass is 337 g/mol. The first-order valence-corrected chi connectivity index (χ1v) is 9.04. The van der Waals surface area contributed by atoms with Crippen LogP contribution in [-0.4, -0.2) is 63.6 Å². The Balaban J connectivity index is 1.71. The highest BCUT2D eigenvalue weighted by Gasteiger charge is 2.29. The smallest absolute Gasteiger partial charge is 0.243 e. The molecule has 0 amide bonds. The SMILES string of the molecule is N#CCCN1CCN(S(=O)(=O)c2ccc3c(c2)OCCO3)CC1. The van der Waals surface area contributed by atoms with Gasteiger partial charge in [0, 0.05) is 45.2 Å². The highest BCUT2D eigenvalue weighted by molar-refractivity contribution is 7.89. The molecule has 2 heterocycles. The standard InChI is InChI=1S/C15H19N3O4S/c16-4-1-5-17-6-8-18(9-7-17)23(19,20)13-2-3-14-15(12-13)22-11-10-21-14/h2-3,12H,1,5-11H2. The van der Waals surface area contributed by atoms with Gasteiger partial charge >= 0.3 is 0 Å². The molecule has 0 spiro atoms. The molecule has 1 aromatic rings. The number of piperazine rings is 1. The van der Waals surface area contributed by atoms with Gasteiger partial charge in [0.15, 0.2) is 11.5 Å². The summed E-state index contributed by atoms with van der Waals surface area (Å²) in [6, 6.07) is 6.85. The molecule has 3 rings (SSSR count). The molecule has 8 heteroatoms. The largest absolute Gasteiger partial charge is 0.486 e. The minimum Gasteiger partial charge on any atom is -0.486 e. The van der Waals surface area contributed by atoms with E-state index in [1.54, 1.807) is 12.1 Å². The van der Waals surface area contributed by atoms with Crippen LogP contribution in [-0.2, 0) is 10.0 Å². The van der Waals surface area contributed by atoms with E-state index >= 15 is 0 Å². The van der Waals surface area contributed by atoms with E-state index in [0.717, 1.165) is 0 Å². The topological polar surface area (TPSA) is 82.9 Å². The van der Waals surface area contributed by atoms with Crippen molar-refractivity contribution in [2.45, 2.75) is 11.3 Å². The Morgan fingerprint density at radius 1 is 1.09 bits per heavy atom. The number of sulfonamides is 1. The third-order valence-corrected chi connectivity index (χ3v) is 5.92. The molecule has 2 aliphatic rings. The van der Waals surface area contributed by atoms with Crippen molar-refractivity contribution in [3.8, 4) is 17.6 Å². The van der Waals surface area contributed by atoms with Crippen LogP contribution >= 0.6 is 0 Å². The summed E-state index contributed by atoms with van der Waals surface area (Å²) in [6.45, 7) is 3.74. The molecule has 0 unspecified atom stereocenters. The van der Waals surface area contributed by atoms with Gasteiger partial charge in [-0.15, -0.1) is 0 Å². The first-order valence-electron chi connectivity index (χ1n) is 7.60. The van der Waals surface area contributed by atoms with E-state index in [4.69, 9.17) is 14.7 Å². The van der Waals surface area contributed by atoms with E-state index in [2.05, 4.69) is 11.0 Å². The fourth-order valence-corrected chi connectivity index (χ4v) is 4.17. The van der Waals surface area contributed by atoms with Crippen molar-refractivity contribution in [3.05, 3.63) is 18.2 Å². The van der Waals surface area contributed by atoms with E-state index in [1.807, 2.05) is 0 Å². The molecule has 0 saturated carbocycles. The summed E-state index contributed by atoms with van der Waals surface area (Å²) in [7, 11) is -3.53. The molecule has 0 aromatic heterocycles. The highest BCUT2D eigenvalue weighted by Crippen LogP contribution is 2.33. The van der Waals surface area contributed by atoms with E-state index in [1.165, 1.54) is 10.4 Å². The lowest BCUT2D eigenvalue weighted by Crippen LogP contribution is -2.48. The maximum Gasteiger partial charge on any atom is 0.243 e. The summed E-state index contributed by atoms with van der Waals surface area (Å²) in [5, 5.41) is 8.62. The third-order valence-electron chi connectivity index (χ3n) is 4.02. The Hall–Kier alpha value is -1.82. The van der Waals surface area contributed by atoms with E-state index in [0.29, 0.717) is 63.9 Å². The molecule has 0 N–H and O–H groups in total. The number of fused-ring (bicyclic) bond motifs is 1. The average molecular weight is 337 g/mol. The normalized spacial score (nSPS) is 19.3. The number of rotatable bonds is 4. The number of nitriles is 1. The van der Waals surface area contributed by atoms with Crippen LogP contribution in [0, 0.1) is 11.3 Å². The van der Waals surface area contributed by atoms with Crippen molar-refractivity contribution in [2.75, 3.05) is 45.9 Å². The van der Waals surface area contributed by atoms with Crippen LogP contribution in [0.2, 0.25) is 0 Å². The van der Waals surface area contributed by atoms with E-state index in [-0.39, 0.29) is 4.90 Å². The second-order valence-electron chi connectivity index (χ2n) is 5.46. The molecule has 1 saturated heterocycles. The molecule has 0 atom stereocenters. The maximum atomic E-state index is 12.8. The molecule has 2 aliphatic heterocycles. The Labute approximate surface area is 136 Å². The summed E-state index contributed by atoms with van der Waals surface area (Å²) in [5.74, 6) is 1.06. The number of hydrogen-bond donors (Lipinski definition) is 0. The van der Waals surface area contributed by atoms with Crippen LogP contribution in [0.3, 0.4) is 0 Å².